The molecular weight excluding hydrogens is 168 g/mol. The molecule has 0 radical (unpaired) electrons. The van der Waals surface area contributed by atoms with E-state index in [-0.39, 0.29) is 0 Å². The lowest BCUT2D eigenvalue weighted by atomic mass is 9.74. The van der Waals surface area contributed by atoms with E-state index in [1.165, 1.54) is 25.7 Å². The molecule has 0 amide bonds. The van der Waals surface area contributed by atoms with Crippen molar-refractivity contribution < 1.29 is 0 Å². The van der Waals surface area contributed by atoms with Crippen molar-refractivity contribution in [1.82, 2.24) is 0 Å². The van der Waals surface area contributed by atoms with Gasteiger partial charge in [-0.05, 0) is 42.4 Å². The maximum atomic E-state index is 2.47. The molecule has 0 bridgehead atoms. The number of hydrogen-bond donors (Lipinski definition) is 0. The van der Waals surface area contributed by atoms with Crippen LogP contribution in [0.3, 0.4) is 0 Å². The SMILES string of the molecule is CCC(C)C1C(CC)CCC1C(C)C. The molecule has 1 rings (SSSR count). The van der Waals surface area contributed by atoms with Crippen molar-refractivity contribution in [3.8, 4) is 0 Å². The molecule has 1 fully saturated rings. The zero-order valence-electron chi connectivity index (χ0n) is 10.7. The summed E-state index contributed by atoms with van der Waals surface area (Å²) in [6, 6.07) is 0. The van der Waals surface area contributed by atoms with Crippen molar-refractivity contribution >= 4 is 0 Å². The van der Waals surface area contributed by atoms with Gasteiger partial charge in [-0.2, -0.15) is 0 Å². The van der Waals surface area contributed by atoms with Crippen LogP contribution < -0.4 is 0 Å². The van der Waals surface area contributed by atoms with Crippen molar-refractivity contribution in [2.45, 2.75) is 60.3 Å². The second-order valence-corrected chi connectivity index (χ2v) is 5.62. The Bertz CT molecular complexity index is 159. The fourth-order valence-electron chi connectivity index (χ4n) is 3.55. The van der Waals surface area contributed by atoms with Gasteiger partial charge in [0.1, 0.15) is 0 Å². The van der Waals surface area contributed by atoms with Gasteiger partial charge < -0.3 is 0 Å². The average Bonchev–Trinajstić information content (AvgIpc) is 2.59. The van der Waals surface area contributed by atoms with E-state index in [1.54, 1.807) is 0 Å². The van der Waals surface area contributed by atoms with E-state index in [0.717, 1.165) is 29.6 Å². The molecule has 0 saturated heterocycles. The van der Waals surface area contributed by atoms with Gasteiger partial charge in [-0.15, -0.1) is 0 Å². The molecule has 1 aliphatic carbocycles. The van der Waals surface area contributed by atoms with E-state index in [4.69, 9.17) is 0 Å². The van der Waals surface area contributed by atoms with Crippen LogP contribution in [0.15, 0.2) is 0 Å². The summed E-state index contributed by atoms with van der Waals surface area (Å²) in [5, 5.41) is 0. The molecule has 84 valence electrons. The summed E-state index contributed by atoms with van der Waals surface area (Å²) in [4.78, 5) is 0. The summed E-state index contributed by atoms with van der Waals surface area (Å²) in [7, 11) is 0. The van der Waals surface area contributed by atoms with Crippen molar-refractivity contribution in [3.63, 3.8) is 0 Å². The lowest BCUT2D eigenvalue weighted by molar-refractivity contribution is 0.172. The molecule has 0 aliphatic heterocycles. The molecule has 0 heterocycles. The van der Waals surface area contributed by atoms with Gasteiger partial charge in [0.2, 0.25) is 0 Å². The van der Waals surface area contributed by atoms with Crippen LogP contribution >= 0.6 is 0 Å². The van der Waals surface area contributed by atoms with Gasteiger partial charge in [0.05, 0.1) is 0 Å². The van der Waals surface area contributed by atoms with Crippen LogP contribution in [0.2, 0.25) is 0 Å². The molecule has 4 unspecified atom stereocenters. The monoisotopic (exact) mass is 196 g/mol. The van der Waals surface area contributed by atoms with E-state index in [2.05, 4.69) is 34.6 Å². The van der Waals surface area contributed by atoms with E-state index >= 15 is 0 Å². The van der Waals surface area contributed by atoms with Gasteiger partial charge >= 0.3 is 0 Å². The molecule has 0 aromatic heterocycles. The molecule has 0 spiro atoms. The van der Waals surface area contributed by atoms with Crippen molar-refractivity contribution in [3.05, 3.63) is 0 Å². The molecule has 1 saturated carbocycles. The summed E-state index contributed by atoms with van der Waals surface area (Å²) in [5.41, 5.74) is 0. The van der Waals surface area contributed by atoms with E-state index in [0.29, 0.717) is 0 Å². The Hall–Kier alpha value is 0. The summed E-state index contributed by atoms with van der Waals surface area (Å²) in [5.74, 6) is 4.89. The van der Waals surface area contributed by atoms with Gasteiger partial charge in [0.25, 0.3) is 0 Å². The van der Waals surface area contributed by atoms with Crippen LogP contribution in [0.5, 0.6) is 0 Å². The van der Waals surface area contributed by atoms with Gasteiger partial charge in [-0.3, -0.25) is 0 Å². The Kier molecular flexibility index (Phi) is 4.47. The molecule has 4 atom stereocenters. The maximum absolute atomic E-state index is 2.47. The largest absolute Gasteiger partial charge is 0.0651 e. The first-order valence-corrected chi connectivity index (χ1v) is 6.61. The normalized spacial score (nSPS) is 35.1. The van der Waals surface area contributed by atoms with Crippen molar-refractivity contribution in [2.75, 3.05) is 0 Å². The second-order valence-electron chi connectivity index (χ2n) is 5.62. The Labute approximate surface area is 90.5 Å². The highest BCUT2D eigenvalue weighted by Crippen LogP contribution is 2.47. The Morgan fingerprint density at radius 2 is 1.71 bits per heavy atom. The first kappa shape index (κ1) is 12.1. The van der Waals surface area contributed by atoms with Gasteiger partial charge in [0.15, 0.2) is 0 Å². The Balaban J connectivity index is 2.69. The minimum atomic E-state index is 0.894. The third kappa shape index (κ3) is 2.32. The van der Waals surface area contributed by atoms with Gasteiger partial charge in [0, 0.05) is 0 Å². The van der Waals surface area contributed by atoms with Crippen molar-refractivity contribution in [2.24, 2.45) is 29.6 Å². The highest BCUT2D eigenvalue weighted by atomic mass is 14.4. The first-order valence-electron chi connectivity index (χ1n) is 6.61. The van der Waals surface area contributed by atoms with Crippen molar-refractivity contribution in [1.29, 1.82) is 0 Å². The quantitative estimate of drug-likeness (QED) is 0.609. The summed E-state index contributed by atoms with van der Waals surface area (Å²) < 4.78 is 0. The molecule has 0 nitrogen and oxygen atoms in total. The molecule has 0 aromatic carbocycles. The van der Waals surface area contributed by atoms with Gasteiger partial charge in [-0.1, -0.05) is 47.5 Å². The standard InChI is InChI=1S/C14H28/c1-6-11(5)14-12(7-2)8-9-13(14)10(3)4/h10-14H,6-9H2,1-5H3. The Morgan fingerprint density at radius 1 is 1.07 bits per heavy atom. The summed E-state index contributed by atoms with van der Waals surface area (Å²) in [6.45, 7) is 12.0. The van der Waals surface area contributed by atoms with Crippen LogP contribution in [-0.4, -0.2) is 0 Å². The second kappa shape index (κ2) is 5.19. The van der Waals surface area contributed by atoms with Crippen LogP contribution in [0.1, 0.15) is 60.3 Å². The average molecular weight is 196 g/mol. The molecular formula is C14H28. The number of rotatable bonds is 4. The smallest absolute Gasteiger partial charge is 0.0329 e. The lowest BCUT2D eigenvalue weighted by Crippen LogP contribution is -2.25. The predicted molar refractivity (Wildman–Crippen MR) is 64.3 cm³/mol. The lowest BCUT2D eigenvalue weighted by Gasteiger charge is -2.32. The Morgan fingerprint density at radius 3 is 2.14 bits per heavy atom. The summed E-state index contributed by atoms with van der Waals surface area (Å²) in [6.07, 6.45) is 5.75. The third-order valence-electron chi connectivity index (χ3n) is 4.59. The first-order chi connectivity index (χ1) is 6.61. The third-order valence-corrected chi connectivity index (χ3v) is 4.59. The molecule has 1 aliphatic rings. The molecule has 14 heavy (non-hydrogen) atoms. The number of hydrogen-bond acceptors (Lipinski definition) is 0. The summed E-state index contributed by atoms with van der Waals surface area (Å²) >= 11 is 0. The van der Waals surface area contributed by atoms with Crippen LogP contribution in [0.4, 0.5) is 0 Å². The van der Waals surface area contributed by atoms with Crippen LogP contribution in [0, 0.1) is 29.6 Å². The highest BCUT2D eigenvalue weighted by molar-refractivity contribution is 4.88. The minimum Gasteiger partial charge on any atom is -0.0651 e. The van der Waals surface area contributed by atoms with Gasteiger partial charge in [-0.25, -0.2) is 0 Å². The topological polar surface area (TPSA) is 0 Å². The van der Waals surface area contributed by atoms with Crippen LogP contribution in [-0.2, 0) is 0 Å². The molecule has 0 aromatic rings. The molecule has 0 N–H and O–H groups in total. The van der Waals surface area contributed by atoms with E-state index < -0.39 is 0 Å². The zero-order chi connectivity index (χ0) is 10.7. The highest BCUT2D eigenvalue weighted by Gasteiger charge is 2.38. The van der Waals surface area contributed by atoms with Crippen LogP contribution in [0.25, 0.3) is 0 Å². The molecule has 0 heteroatoms. The minimum absolute atomic E-state index is 0.894. The zero-order valence-corrected chi connectivity index (χ0v) is 10.7. The maximum Gasteiger partial charge on any atom is -0.0329 e. The predicted octanol–water partition coefficient (Wildman–Crippen LogP) is 4.74. The fourth-order valence-corrected chi connectivity index (χ4v) is 3.55. The van der Waals surface area contributed by atoms with E-state index in [9.17, 15) is 0 Å². The van der Waals surface area contributed by atoms with E-state index in [1.807, 2.05) is 0 Å². The fraction of sp³-hybridized carbons (Fsp3) is 1.00.